The predicted octanol–water partition coefficient (Wildman–Crippen LogP) is 3.64. The molecule has 0 aromatic rings. The first kappa shape index (κ1) is 15.5. The van der Waals surface area contributed by atoms with Gasteiger partial charge in [0.15, 0.2) is 0 Å². The van der Waals surface area contributed by atoms with Crippen molar-refractivity contribution in [1.82, 2.24) is 3.94 Å². The van der Waals surface area contributed by atoms with Gasteiger partial charge >= 0.3 is 0 Å². The monoisotopic (exact) mass is 255 g/mol. The van der Waals surface area contributed by atoms with Crippen LogP contribution in [0, 0.1) is 0 Å². The second kappa shape index (κ2) is 6.29. The van der Waals surface area contributed by atoms with Crippen molar-refractivity contribution in [2.24, 2.45) is 0 Å². The summed E-state index contributed by atoms with van der Waals surface area (Å²) < 4.78 is 2.42. The number of nitrogens with zero attached hydrogens (tertiary/aromatic N) is 2. The van der Waals surface area contributed by atoms with Crippen LogP contribution in [-0.4, -0.2) is 40.1 Å². The summed E-state index contributed by atoms with van der Waals surface area (Å²) in [7, 11) is 0. The van der Waals surface area contributed by atoms with Gasteiger partial charge < -0.3 is 4.48 Å². The SMILES string of the molecule is CC[N+](CC)(CC)CCC(C)(C)N(Cl)Cl. The van der Waals surface area contributed by atoms with Crippen LogP contribution in [0.4, 0.5) is 0 Å². The van der Waals surface area contributed by atoms with Gasteiger partial charge in [0.25, 0.3) is 0 Å². The minimum Gasteiger partial charge on any atom is -0.324 e. The van der Waals surface area contributed by atoms with Gasteiger partial charge in [-0.15, -0.1) is 3.94 Å². The second-order valence-electron chi connectivity index (χ2n) is 4.81. The molecule has 0 saturated carbocycles. The first-order chi connectivity index (χ1) is 6.83. The van der Waals surface area contributed by atoms with Crippen LogP contribution in [0.2, 0.25) is 0 Å². The van der Waals surface area contributed by atoms with E-state index in [2.05, 4.69) is 34.6 Å². The topological polar surface area (TPSA) is 3.24 Å². The van der Waals surface area contributed by atoms with Crippen molar-refractivity contribution in [1.29, 1.82) is 0 Å². The lowest BCUT2D eigenvalue weighted by Gasteiger charge is -2.39. The molecule has 0 aromatic heterocycles. The van der Waals surface area contributed by atoms with Crippen LogP contribution in [0.3, 0.4) is 0 Å². The highest BCUT2D eigenvalue weighted by Crippen LogP contribution is 2.25. The average molecular weight is 256 g/mol. The van der Waals surface area contributed by atoms with E-state index < -0.39 is 0 Å². The van der Waals surface area contributed by atoms with Crippen molar-refractivity contribution < 1.29 is 4.48 Å². The highest BCUT2D eigenvalue weighted by atomic mass is 35.5. The summed E-state index contributed by atoms with van der Waals surface area (Å²) >= 11 is 11.6. The normalized spacial score (nSPS) is 13.6. The maximum atomic E-state index is 5.82. The van der Waals surface area contributed by atoms with Crippen LogP contribution < -0.4 is 0 Å². The molecular weight excluding hydrogens is 231 g/mol. The Bertz CT molecular complexity index is 169. The lowest BCUT2D eigenvalue weighted by atomic mass is 10.0. The first-order valence-corrected chi connectivity index (χ1v) is 6.48. The van der Waals surface area contributed by atoms with Gasteiger partial charge in [0, 0.05) is 6.42 Å². The van der Waals surface area contributed by atoms with E-state index in [9.17, 15) is 0 Å². The molecule has 0 aliphatic carbocycles. The Morgan fingerprint density at radius 3 is 1.67 bits per heavy atom. The first-order valence-electron chi connectivity index (χ1n) is 5.80. The van der Waals surface area contributed by atoms with Crippen LogP contribution in [0.5, 0.6) is 0 Å². The summed E-state index contributed by atoms with van der Waals surface area (Å²) in [5, 5.41) is 0. The fourth-order valence-electron chi connectivity index (χ4n) is 1.74. The molecule has 2 nitrogen and oxygen atoms in total. The molecule has 0 spiro atoms. The van der Waals surface area contributed by atoms with Crippen molar-refractivity contribution in [3.8, 4) is 0 Å². The quantitative estimate of drug-likeness (QED) is 0.496. The molecule has 0 fully saturated rings. The van der Waals surface area contributed by atoms with E-state index in [-0.39, 0.29) is 5.54 Å². The van der Waals surface area contributed by atoms with E-state index in [4.69, 9.17) is 23.6 Å². The summed E-state index contributed by atoms with van der Waals surface area (Å²) in [6, 6.07) is 0. The predicted molar refractivity (Wildman–Crippen MR) is 69.0 cm³/mol. The van der Waals surface area contributed by atoms with Crippen molar-refractivity contribution in [3.63, 3.8) is 0 Å². The second-order valence-corrected chi connectivity index (χ2v) is 5.66. The van der Waals surface area contributed by atoms with Gasteiger partial charge in [-0.2, -0.15) is 0 Å². The van der Waals surface area contributed by atoms with E-state index in [0.29, 0.717) is 0 Å². The molecule has 0 saturated heterocycles. The maximum Gasteiger partial charge on any atom is 0.0805 e. The Labute approximate surface area is 105 Å². The number of rotatable bonds is 7. The van der Waals surface area contributed by atoms with Crippen molar-refractivity contribution in [2.75, 3.05) is 26.2 Å². The minimum atomic E-state index is -0.147. The number of halogens is 2. The van der Waals surface area contributed by atoms with E-state index in [1.807, 2.05) is 0 Å². The zero-order valence-electron chi connectivity index (χ0n) is 10.7. The highest BCUT2D eigenvalue weighted by Gasteiger charge is 2.29. The molecule has 0 rings (SSSR count). The summed E-state index contributed by atoms with van der Waals surface area (Å²) in [6.45, 7) is 15.5. The van der Waals surface area contributed by atoms with E-state index in [1.165, 1.54) is 23.6 Å². The molecule has 0 bridgehead atoms. The van der Waals surface area contributed by atoms with E-state index >= 15 is 0 Å². The molecule has 0 heterocycles. The lowest BCUT2D eigenvalue weighted by molar-refractivity contribution is -0.923. The Morgan fingerprint density at radius 1 is 1.00 bits per heavy atom. The number of hydrogen-bond donors (Lipinski definition) is 0. The van der Waals surface area contributed by atoms with Crippen LogP contribution in [-0.2, 0) is 0 Å². The van der Waals surface area contributed by atoms with Crippen molar-refractivity contribution in [3.05, 3.63) is 0 Å². The molecule has 0 radical (unpaired) electrons. The smallest absolute Gasteiger partial charge is 0.0805 e. The minimum absolute atomic E-state index is 0.147. The Kier molecular flexibility index (Phi) is 6.50. The molecule has 0 aromatic carbocycles. The molecule has 4 heteroatoms. The Balaban J connectivity index is 4.34. The highest BCUT2D eigenvalue weighted by molar-refractivity contribution is 6.34. The lowest BCUT2D eigenvalue weighted by Crippen LogP contribution is -2.50. The van der Waals surface area contributed by atoms with Gasteiger partial charge in [-0.25, -0.2) is 0 Å². The fraction of sp³-hybridized carbons (Fsp3) is 1.00. The third kappa shape index (κ3) is 4.48. The van der Waals surface area contributed by atoms with Gasteiger partial charge in [0.2, 0.25) is 0 Å². The van der Waals surface area contributed by atoms with Gasteiger partial charge in [0.1, 0.15) is 0 Å². The third-order valence-corrected chi connectivity index (χ3v) is 4.58. The summed E-state index contributed by atoms with van der Waals surface area (Å²) in [4.78, 5) is 0. The Hall–Kier alpha value is 0.500. The maximum absolute atomic E-state index is 5.82. The van der Waals surface area contributed by atoms with Crippen LogP contribution in [0.25, 0.3) is 0 Å². The zero-order valence-corrected chi connectivity index (χ0v) is 12.2. The zero-order chi connectivity index (χ0) is 12.1. The van der Waals surface area contributed by atoms with Crippen LogP contribution >= 0.6 is 23.6 Å². The summed E-state index contributed by atoms with van der Waals surface area (Å²) in [5.41, 5.74) is -0.147. The fourth-order valence-corrected chi connectivity index (χ4v) is 1.91. The molecular formula is C11H25Cl2N2+. The molecule has 0 N–H and O–H groups in total. The van der Waals surface area contributed by atoms with E-state index in [1.54, 1.807) is 0 Å². The van der Waals surface area contributed by atoms with Crippen LogP contribution in [0.1, 0.15) is 41.0 Å². The molecule has 15 heavy (non-hydrogen) atoms. The molecule has 0 atom stereocenters. The van der Waals surface area contributed by atoms with E-state index in [0.717, 1.165) is 17.4 Å². The molecule has 0 aliphatic rings. The van der Waals surface area contributed by atoms with Gasteiger partial charge in [-0.1, -0.05) is 0 Å². The third-order valence-electron chi connectivity index (χ3n) is 3.67. The van der Waals surface area contributed by atoms with Gasteiger partial charge in [-0.05, 0) is 58.2 Å². The average Bonchev–Trinajstić information content (AvgIpc) is 2.20. The molecule has 0 amide bonds. The number of quaternary nitrogens is 1. The van der Waals surface area contributed by atoms with Gasteiger partial charge in [0.05, 0.1) is 31.7 Å². The van der Waals surface area contributed by atoms with Crippen molar-refractivity contribution in [2.45, 2.75) is 46.6 Å². The molecule has 0 aliphatic heterocycles. The standard InChI is InChI=1S/C11H25Cl2N2/c1-6-15(7-2,8-3)10-9-11(4,5)14(12)13/h6-10H2,1-5H3/q+1. The summed E-state index contributed by atoms with van der Waals surface area (Å²) in [6.07, 6.45) is 1.01. The molecule has 92 valence electrons. The molecule has 0 unspecified atom stereocenters. The van der Waals surface area contributed by atoms with Crippen LogP contribution in [0.15, 0.2) is 0 Å². The van der Waals surface area contributed by atoms with Gasteiger partial charge in [-0.3, -0.25) is 0 Å². The summed E-state index contributed by atoms with van der Waals surface area (Å²) in [5.74, 6) is 0. The Morgan fingerprint density at radius 2 is 1.40 bits per heavy atom. The van der Waals surface area contributed by atoms with Crippen molar-refractivity contribution >= 4 is 23.6 Å². The largest absolute Gasteiger partial charge is 0.324 e. The number of hydrogen-bond acceptors (Lipinski definition) is 1.